The van der Waals surface area contributed by atoms with Crippen LogP contribution in [0, 0.1) is 0 Å². The number of carbonyl (C=O) groups is 1. The molecular formula is C19H22ClN3O2. The van der Waals surface area contributed by atoms with Crippen LogP contribution in [0.25, 0.3) is 0 Å². The highest BCUT2D eigenvalue weighted by atomic mass is 35.5. The molecule has 0 spiro atoms. The largest absolute Gasteiger partial charge is 0.444 e. The molecule has 2 aromatic carbocycles. The zero-order chi connectivity index (χ0) is 17.5. The Labute approximate surface area is 152 Å². The van der Waals surface area contributed by atoms with E-state index in [0.29, 0.717) is 5.02 Å². The lowest BCUT2D eigenvalue weighted by Crippen LogP contribution is -2.42. The van der Waals surface area contributed by atoms with Crippen molar-refractivity contribution in [3.05, 3.63) is 64.7 Å². The number of halogens is 1. The van der Waals surface area contributed by atoms with Gasteiger partial charge in [-0.05, 0) is 35.4 Å². The molecule has 1 amide bonds. The minimum absolute atomic E-state index is 0.212. The number of carbonyl (C=O) groups excluding carboxylic acids is 1. The summed E-state index contributed by atoms with van der Waals surface area (Å²) in [6, 6.07) is 15.1. The number of piperazine rings is 1. The standard InChI is InChI=1S/C19H22ClN3O2/c20-17-5-1-16(2-6-17)14-25-19(24)22-18-7-3-15(4-8-18)13-23-11-9-21-10-12-23/h1-8,21H,9-14H2,(H,22,24). The molecule has 132 valence electrons. The monoisotopic (exact) mass is 359 g/mol. The van der Waals surface area contributed by atoms with E-state index in [1.165, 1.54) is 5.56 Å². The van der Waals surface area contributed by atoms with Gasteiger partial charge in [-0.3, -0.25) is 10.2 Å². The van der Waals surface area contributed by atoms with E-state index >= 15 is 0 Å². The van der Waals surface area contributed by atoms with Crippen LogP contribution in [0.5, 0.6) is 0 Å². The SMILES string of the molecule is O=C(Nc1ccc(CN2CCNCC2)cc1)OCc1ccc(Cl)cc1. The molecule has 3 rings (SSSR count). The summed E-state index contributed by atoms with van der Waals surface area (Å²) in [4.78, 5) is 14.3. The van der Waals surface area contributed by atoms with Crippen molar-refractivity contribution >= 4 is 23.4 Å². The molecule has 0 unspecified atom stereocenters. The Morgan fingerprint density at radius 1 is 1.04 bits per heavy atom. The van der Waals surface area contributed by atoms with Crippen LogP contribution in [-0.4, -0.2) is 37.2 Å². The second-order valence-corrected chi connectivity index (χ2v) is 6.49. The zero-order valence-electron chi connectivity index (χ0n) is 14.0. The van der Waals surface area contributed by atoms with E-state index in [1.54, 1.807) is 12.1 Å². The topological polar surface area (TPSA) is 53.6 Å². The molecule has 2 N–H and O–H groups in total. The lowest BCUT2D eigenvalue weighted by molar-refractivity contribution is 0.155. The van der Waals surface area contributed by atoms with E-state index in [2.05, 4.69) is 15.5 Å². The predicted octanol–water partition coefficient (Wildman–Crippen LogP) is 3.49. The highest BCUT2D eigenvalue weighted by Crippen LogP contribution is 2.13. The fourth-order valence-corrected chi connectivity index (χ4v) is 2.83. The first-order valence-electron chi connectivity index (χ1n) is 8.39. The average Bonchev–Trinajstić information content (AvgIpc) is 2.64. The Hall–Kier alpha value is -2.08. The minimum Gasteiger partial charge on any atom is -0.444 e. The second-order valence-electron chi connectivity index (χ2n) is 6.05. The van der Waals surface area contributed by atoms with Crippen LogP contribution in [0.2, 0.25) is 5.02 Å². The highest BCUT2D eigenvalue weighted by Gasteiger charge is 2.10. The van der Waals surface area contributed by atoms with Gasteiger partial charge in [-0.15, -0.1) is 0 Å². The fraction of sp³-hybridized carbons (Fsp3) is 0.316. The van der Waals surface area contributed by atoms with Gasteiger partial charge < -0.3 is 10.1 Å². The van der Waals surface area contributed by atoms with Gasteiger partial charge in [0.2, 0.25) is 0 Å². The van der Waals surface area contributed by atoms with Crippen LogP contribution < -0.4 is 10.6 Å². The van der Waals surface area contributed by atoms with E-state index in [0.717, 1.165) is 44.0 Å². The van der Waals surface area contributed by atoms with Crippen molar-refractivity contribution in [1.82, 2.24) is 10.2 Å². The summed E-state index contributed by atoms with van der Waals surface area (Å²) in [5.74, 6) is 0. The molecule has 1 aliphatic rings. The molecule has 1 saturated heterocycles. The van der Waals surface area contributed by atoms with Gasteiger partial charge in [-0.1, -0.05) is 35.9 Å². The summed E-state index contributed by atoms with van der Waals surface area (Å²) in [6.07, 6.45) is -0.468. The number of ether oxygens (including phenoxy) is 1. The van der Waals surface area contributed by atoms with Crippen molar-refractivity contribution in [3.63, 3.8) is 0 Å². The van der Waals surface area contributed by atoms with Crippen LogP contribution in [0.1, 0.15) is 11.1 Å². The maximum atomic E-state index is 11.9. The van der Waals surface area contributed by atoms with Gasteiger partial charge >= 0.3 is 6.09 Å². The predicted molar refractivity (Wildman–Crippen MR) is 99.8 cm³/mol. The molecule has 0 atom stereocenters. The van der Waals surface area contributed by atoms with Crippen LogP contribution in [0.4, 0.5) is 10.5 Å². The minimum atomic E-state index is -0.468. The number of benzene rings is 2. The van der Waals surface area contributed by atoms with Gasteiger partial charge in [0.05, 0.1) is 0 Å². The molecular weight excluding hydrogens is 338 g/mol. The molecule has 0 aromatic heterocycles. The number of nitrogens with one attached hydrogen (secondary N) is 2. The van der Waals surface area contributed by atoms with Gasteiger partial charge in [0.15, 0.2) is 0 Å². The Kier molecular flexibility index (Phi) is 6.28. The lowest BCUT2D eigenvalue weighted by Gasteiger charge is -2.27. The Morgan fingerprint density at radius 3 is 2.36 bits per heavy atom. The normalized spacial score (nSPS) is 14.9. The molecule has 0 aliphatic carbocycles. The third kappa shape index (κ3) is 5.74. The number of hydrogen-bond acceptors (Lipinski definition) is 4. The number of nitrogens with zero attached hydrogens (tertiary/aromatic N) is 1. The van der Waals surface area contributed by atoms with Crippen molar-refractivity contribution in [2.45, 2.75) is 13.2 Å². The van der Waals surface area contributed by atoms with Gasteiger partial charge in [0, 0.05) is 43.4 Å². The van der Waals surface area contributed by atoms with Crippen molar-refractivity contribution in [3.8, 4) is 0 Å². The van der Waals surface area contributed by atoms with E-state index in [4.69, 9.17) is 16.3 Å². The van der Waals surface area contributed by atoms with Crippen molar-refractivity contribution in [1.29, 1.82) is 0 Å². The maximum absolute atomic E-state index is 11.9. The number of rotatable bonds is 5. The summed E-state index contributed by atoms with van der Waals surface area (Å²) in [5.41, 5.74) is 2.86. The Bertz CT molecular complexity index is 683. The van der Waals surface area contributed by atoms with E-state index < -0.39 is 6.09 Å². The third-order valence-corrected chi connectivity index (χ3v) is 4.35. The van der Waals surface area contributed by atoms with E-state index in [-0.39, 0.29) is 6.61 Å². The Morgan fingerprint density at radius 2 is 1.68 bits per heavy atom. The molecule has 25 heavy (non-hydrogen) atoms. The molecule has 2 aromatic rings. The summed E-state index contributed by atoms with van der Waals surface area (Å²) in [7, 11) is 0. The lowest BCUT2D eigenvalue weighted by atomic mass is 10.2. The van der Waals surface area contributed by atoms with Crippen molar-refractivity contribution in [2.24, 2.45) is 0 Å². The molecule has 5 nitrogen and oxygen atoms in total. The second kappa shape index (κ2) is 8.85. The van der Waals surface area contributed by atoms with Crippen LogP contribution in [0.15, 0.2) is 48.5 Å². The molecule has 0 saturated carbocycles. The van der Waals surface area contributed by atoms with E-state index in [1.807, 2.05) is 36.4 Å². The van der Waals surface area contributed by atoms with Gasteiger partial charge in [-0.25, -0.2) is 4.79 Å². The first-order valence-corrected chi connectivity index (χ1v) is 8.77. The quantitative estimate of drug-likeness (QED) is 0.858. The molecule has 1 fully saturated rings. The molecule has 1 heterocycles. The van der Waals surface area contributed by atoms with Crippen molar-refractivity contribution in [2.75, 3.05) is 31.5 Å². The highest BCUT2D eigenvalue weighted by molar-refractivity contribution is 6.30. The Balaban J connectivity index is 1.45. The summed E-state index contributed by atoms with van der Waals surface area (Å²) < 4.78 is 5.22. The summed E-state index contributed by atoms with van der Waals surface area (Å²) in [6.45, 7) is 5.36. The number of amides is 1. The number of hydrogen-bond donors (Lipinski definition) is 2. The molecule has 0 bridgehead atoms. The van der Waals surface area contributed by atoms with Crippen LogP contribution >= 0.6 is 11.6 Å². The molecule has 6 heteroatoms. The van der Waals surface area contributed by atoms with Gasteiger partial charge in [-0.2, -0.15) is 0 Å². The van der Waals surface area contributed by atoms with Crippen LogP contribution in [-0.2, 0) is 17.9 Å². The third-order valence-electron chi connectivity index (χ3n) is 4.10. The number of anilines is 1. The summed E-state index contributed by atoms with van der Waals surface area (Å²) >= 11 is 5.83. The van der Waals surface area contributed by atoms with Crippen molar-refractivity contribution < 1.29 is 9.53 Å². The first kappa shape index (κ1) is 17.7. The smallest absolute Gasteiger partial charge is 0.411 e. The fourth-order valence-electron chi connectivity index (χ4n) is 2.70. The zero-order valence-corrected chi connectivity index (χ0v) is 14.8. The molecule has 1 aliphatic heterocycles. The first-order chi connectivity index (χ1) is 12.2. The van der Waals surface area contributed by atoms with Crippen LogP contribution in [0.3, 0.4) is 0 Å². The van der Waals surface area contributed by atoms with Gasteiger partial charge in [0.1, 0.15) is 6.61 Å². The average molecular weight is 360 g/mol. The van der Waals surface area contributed by atoms with Gasteiger partial charge in [0.25, 0.3) is 0 Å². The van der Waals surface area contributed by atoms with E-state index in [9.17, 15) is 4.79 Å². The molecule has 0 radical (unpaired) electrons. The summed E-state index contributed by atoms with van der Waals surface area (Å²) in [5, 5.41) is 6.75. The maximum Gasteiger partial charge on any atom is 0.411 e.